The van der Waals surface area contributed by atoms with Gasteiger partial charge < -0.3 is 25.2 Å². The van der Waals surface area contributed by atoms with E-state index in [-0.39, 0.29) is 43.9 Å². The number of rotatable bonds is 6. The highest BCUT2D eigenvalue weighted by Crippen LogP contribution is 2.32. The topological polar surface area (TPSA) is 85.3 Å². The number of anilines is 1. The van der Waals surface area contributed by atoms with E-state index in [1.165, 1.54) is 6.07 Å². The lowest BCUT2D eigenvalue weighted by Crippen LogP contribution is -2.57. The van der Waals surface area contributed by atoms with Crippen molar-refractivity contribution in [2.45, 2.75) is 30.5 Å². The summed E-state index contributed by atoms with van der Waals surface area (Å²) in [5.41, 5.74) is 0.315. The Bertz CT molecular complexity index is 979. The van der Waals surface area contributed by atoms with Crippen LogP contribution in [0, 0.1) is 0 Å². The lowest BCUT2D eigenvalue weighted by molar-refractivity contribution is -0.137. The molecule has 0 aromatic heterocycles. The third-order valence-corrected chi connectivity index (χ3v) is 6.42. The molecule has 1 amide bonds. The van der Waals surface area contributed by atoms with Gasteiger partial charge >= 0.3 is 6.18 Å². The smallest absolute Gasteiger partial charge is 0.394 e. The zero-order valence-corrected chi connectivity index (χ0v) is 20.9. The lowest BCUT2D eigenvalue weighted by atomic mass is 10.0. The normalized spacial score (nSPS) is 24.5. The van der Waals surface area contributed by atoms with Crippen LogP contribution in [-0.4, -0.2) is 84.7 Å². The third kappa shape index (κ3) is 6.81. The molecule has 200 valence electrons. The number of halogens is 5. The number of alkyl halides is 3. The Morgan fingerprint density at radius 3 is 2.28 bits per heavy atom. The third-order valence-electron chi connectivity index (χ3n) is 6.42. The predicted octanol–water partition coefficient (Wildman–Crippen LogP) is 2.59. The molecule has 2 aromatic carbocycles. The fraction of sp³-hybridized carbons (Fsp3) is 0.458. The van der Waals surface area contributed by atoms with Gasteiger partial charge in [0.2, 0.25) is 0 Å². The maximum Gasteiger partial charge on any atom is 0.416 e. The monoisotopic (exact) mass is 551 g/mol. The molecule has 12 heteroatoms. The molecule has 0 aliphatic carbocycles. The van der Waals surface area contributed by atoms with Gasteiger partial charge in [0.1, 0.15) is 12.2 Å². The molecule has 0 saturated carbocycles. The van der Waals surface area contributed by atoms with E-state index in [0.717, 1.165) is 12.1 Å². The van der Waals surface area contributed by atoms with Gasteiger partial charge in [0.25, 0.3) is 5.91 Å². The molecule has 0 unspecified atom stereocenters. The number of aliphatic hydroxyl groups excluding tert-OH is 2. The Kier molecular flexibility index (Phi) is 10.8. The lowest BCUT2D eigenvalue weighted by Gasteiger charge is -2.41. The number of hydrogen-bond donors (Lipinski definition) is 3. The first-order valence-corrected chi connectivity index (χ1v) is 11.2. The number of amides is 1. The van der Waals surface area contributed by atoms with Crippen LogP contribution in [0.1, 0.15) is 15.9 Å². The summed E-state index contributed by atoms with van der Waals surface area (Å²) in [6, 6.07) is 13.5. The van der Waals surface area contributed by atoms with Gasteiger partial charge in [-0.15, -0.1) is 24.8 Å². The van der Waals surface area contributed by atoms with Crippen molar-refractivity contribution in [1.82, 2.24) is 10.2 Å². The number of aliphatic hydroxyl groups is 2. The van der Waals surface area contributed by atoms with Crippen LogP contribution in [0.25, 0.3) is 0 Å². The van der Waals surface area contributed by atoms with Crippen LogP contribution in [0.15, 0.2) is 54.6 Å². The molecule has 0 radical (unpaired) electrons. The van der Waals surface area contributed by atoms with Crippen LogP contribution in [0.4, 0.5) is 18.9 Å². The van der Waals surface area contributed by atoms with Gasteiger partial charge in [-0.1, -0.05) is 24.3 Å². The Morgan fingerprint density at radius 1 is 1.00 bits per heavy atom. The van der Waals surface area contributed by atoms with Gasteiger partial charge in [0.15, 0.2) is 0 Å². The van der Waals surface area contributed by atoms with Gasteiger partial charge in [-0.2, -0.15) is 13.2 Å². The van der Waals surface area contributed by atoms with Crippen molar-refractivity contribution in [2.24, 2.45) is 0 Å². The zero-order valence-electron chi connectivity index (χ0n) is 19.3. The Hall–Kier alpha value is -2.08. The van der Waals surface area contributed by atoms with E-state index in [2.05, 4.69) is 5.32 Å². The number of piperazine rings is 1. The highest BCUT2D eigenvalue weighted by Gasteiger charge is 2.46. The van der Waals surface area contributed by atoms with Crippen molar-refractivity contribution in [3.8, 4) is 0 Å². The Morgan fingerprint density at radius 2 is 1.67 bits per heavy atom. The number of benzene rings is 2. The van der Waals surface area contributed by atoms with Crippen LogP contribution in [0.2, 0.25) is 0 Å². The SMILES string of the molecule is Cl.Cl.O=C(NC[C@H]1O[C@@H](CO)[C@@H](O)[C@H]1N1CCN(c2cccc(C(F)(F)F)c2)CC1)c1ccccc1. The van der Waals surface area contributed by atoms with Crippen molar-refractivity contribution in [1.29, 1.82) is 0 Å². The van der Waals surface area contributed by atoms with E-state index < -0.39 is 36.1 Å². The highest BCUT2D eigenvalue weighted by atomic mass is 35.5. The van der Waals surface area contributed by atoms with E-state index in [0.29, 0.717) is 37.4 Å². The maximum atomic E-state index is 13.1. The van der Waals surface area contributed by atoms with Crippen molar-refractivity contribution < 1.29 is 32.9 Å². The fourth-order valence-corrected chi connectivity index (χ4v) is 4.64. The minimum Gasteiger partial charge on any atom is -0.394 e. The maximum absolute atomic E-state index is 13.1. The summed E-state index contributed by atoms with van der Waals surface area (Å²) in [5, 5.41) is 23.2. The predicted molar refractivity (Wildman–Crippen MR) is 134 cm³/mol. The van der Waals surface area contributed by atoms with Gasteiger partial charge in [-0.05, 0) is 30.3 Å². The summed E-state index contributed by atoms with van der Waals surface area (Å²) in [7, 11) is 0. The molecule has 0 spiro atoms. The van der Waals surface area contributed by atoms with E-state index in [4.69, 9.17) is 4.74 Å². The van der Waals surface area contributed by atoms with Crippen LogP contribution < -0.4 is 10.2 Å². The van der Waals surface area contributed by atoms with Gasteiger partial charge in [-0.3, -0.25) is 9.69 Å². The van der Waals surface area contributed by atoms with Crippen molar-refractivity contribution in [2.75, 3.05) is 44.2 Å². The van der Waals surface area contributed by atoms with Crippen LogP contribution >= 0.6 is 24.8 Å². The van der Waals surface area contributed by atoms with Gasteiger partial charge in [-0.25, -0.2) is 0 Å². The average molecular weight is 552 g/mol. The molecule has 2 heterocycles. The number of carbonyl (C=O) groups is 1. The standard InChI is InChI=1S/C24H28F3N3O4.2ClH/c25-24(26,27)17-7-4-8-18(13-17)29-9-11-30(12-10-29)21-19(34-20(15-31)22(21)32)14-28-23(33)16-5-2-1-3-6-16;;/h1-8,13,19-22,31-32H,9-12,14-15H2,(H,28,33);2*1H/t19-,20+,21+,22-;;/m1../s1. The molecule has 2 aromatic rings. The molecule has 3 N–H and O–H groups in total. The molecule has 4 rings (SSSR count). The van der Waals surface area contributed by atoms with Gasteiger partial charge in [0.05, 0.1) is 24.3 Å². The minimum absolute atomic E-state index is 0. The van der Waals surface area contributed by atoms with Crippen molar-refractivity contribution >= 4 is 36.4 Å². The van der Waals surface area contributed by atoms with Gasteiger partial charge in [0, 0.05) is 44.0 Å². The Labute approximate surface area is 220 Å². The molecule has 0 bridgehead atoms. The van der Waals surface area contributed by atoms with Crippen molar-refractivity contribution in [3.63, 3.8) is 0 Å². The van der Waals surface area contributed by atoms with Crippen LogP contribution in [-0.2, 0) is 10.9 Å². The molecule has 4 atom stereocenters. The summed E-state index contributed by atoms with van der Waals surface area (Å²) in [6.07, 6.45) is -6.67. The summed E-state index contributed by atoms with van der Waals surface area (Å²) in [6.45, 7) is 1.71. The van der Waals surface area contributed by atoms with E-state index >= 15 is 0 Å². The number of hydrogen-bond acceptors (Lipinski definition) is 6. The number of ether oxygens (including phenoxy) is 1. The fourth-order valence-electron chi connectivity index (χ4n) is 4.64. The van der Waals surface area contributed by atoms with E-state index in [1.807, 2.05) is 15.9 Å². The summed E-state index contributed by atoms with van der Waals surface area (Å²) >= 11 is 0. The second-order valence-electron chi connectivity index (χ2n) is 8.52. The first kappa shape index (κ1) is 30.1. The summed E-state index contributed by atoms with van der Waals surface area (Å²) < 4.78 is 45.1. The molecule has 2 saturated heterocycles. The molecule has 2 aliphatic heterocycles. The van der Waals surface area contributed by atoms with E-state index in [1.54, 1.807) is 30.3 Å². The number of carbonyl (C=O) groups excluding carboxylic acids is 1. The molecule has 2 fully saturated rings. The molecule has 2 aliphatic rings. The molecule has 7 nitrogen and oxygen atoms in total. The second kappa shape index (κ2) is 12.9. The first-order valence-electron chi connectivity index (χ1n) is 11.2. The molecular weight excluding hydrogens is 522 g/mol. The average Bonchev–Trinajstić information content (AvgIpc) is 3.17. The summed E-state index contributed by atoms with van der Waals surface area (Å²) in [5.74, 6) is -0.265. The van der Waals surface area contributed by atoms with Crippen LogP contribution in [0.3, 0.4) is 0 Å². The largest absolute Gasteiger partial charge is 0.416 e. The molecule has 36 heavy (non-hydrogen) atoms. The molecular formula is C24H30Cl2F3N3O4. The number of nitrogens with zero attached hydrogens (tertiary/aromatic N) is 2. The van der Waals surface area contributed by atoms with E-state index in [9.17, 15) is 28.2 Å². The first-order chi connectivity index (χ1) is 16.3. The minimum atomic E-state index is -4.40. The number of nitrogens with one attached hydrogen (secondary N) is 1. The summed E-state index contributed by atoms with van der Waals surface area (Å²) in [4.78, 5) is 16.3. The zero-order chi connectivity index (χ0) is 24.3. The van der Waals surface area contributed by atoms with Crippen molar-refractivity contribution in [3.05, 3.63) is 65.7 Å². The second-order valence-corrected chi connectivity index (χ2v) is 8.52. The highest BCUT2D eigenvalue weighted by molar-refractivity contribution is 5.94. The Balaban J connectivity index is 0.00000228. The quantitative estimate of drug-likeness (QED) is 0.511. The van der Waals surface area contributed by atoms with Crippen LogP contribution in [0.5, 0.6) is 0 Å².